The molecule has 0 aliphatic heterocycles. The summed E-state index contributed by atoms with van der Waals surface area (Å²) in [7, 11) is -0.929. The summed E-state index contributed by atoms with van der Waals surface area (Å²) in [6.45, 7) is 10.6. The highest BCUT2D eigenvalue weighted by Gasteiger charge is 2.35. The van der Waals surface area contributed by atoms with E-state index in [-0.39, 0.29) is 10.7 Å². The Hall–Kier alpha value is -2.35. The average Bonchev–Trinajstić information content (AvgIpc) is 2.59. The van der Waals surface area contributed by atoms with E-state index < -0.39 is 31.7 Å². The lowest BCUT2D eigenvalue weighted by atomic mass is 10.1. The summed E-state index contributed by atoms with van der Waals surface area (Å²) in [5.41, 5.74) is -0.843. The van der Waals surface area contributed by atoms with Gasteiger partial charge in [0.1, 0.15) is 11.3 Å². The van der Waals surface area contributed by atoms with Crippen molar-refractivity contribution in [3.05, 3.63) is 53.2 Å². The van der Waals surface area contributed by atoms with Crippen molar-refractivity contribution in [2.24, 2.45) is 0 Å². The Morgan fingerprint density at radius 3 is 2.04 bits per heavy atom. The zero-order valence-electron chi connectivity index (χ0n) is 16.8. The van der Waals surface area contributed by atoms with Crippen LogP contribution in [-0.2, 0) is 6.18 Å². The number of hydrogen-bond donors (Lipinski definition) is 0. The number of nitrogens with zero attached hydrogens (tertiary/aromatic N) is 1. The molecule has 0 atom stereocenters. The van der Waals surface area contributed by atoms with Gasteiger partial charge in [0, 0.05) is 13.9 Å². The molecule has 0 radical (unpaired) electrons. The van der Waals surface area contributed by atoms with Crippen molar-refractivity contribution in [2.75, 3.05) is 7.11 Å². The maximum Gasteiger partial charge on any atom is 0.421 e. The van der Waals surface area contributed by atoms with Gasteiger partial charge in [-0.25, -0.2) is 4.98 Å². The van der Waals surface area contributed by atoms with Gasteiger partial charge >= 0.3 is 6.18 Å². The zero-order valence-corrected chi connectivity index (χ0v) is 17.8. The van der Waals surface area contributed by atoms with Crippen molar-refractivity contribution in [3.8, 4) is 11.6 Å². The molecule has 0 unspecified atom stereocenters. The summed E-state index contributed by atoms with van der Waals surface area (Å²) >= 11 is 0. The third-order valence-corrected chi connectivity index (χ3v) is 9.25. The molecular weight excluding hydrogens is 387 g/mol. The van der Waals surface area contributed by atoms with Crippen LogP contribution in [-0.4, -0.2) is 26.2 Å². The average molecular weight is 411 g/mol. The van der Waals surface area contributed by atoms with Crippen molar-refractivity contribution in [3.63, 3.8) is 0 Å². The van der Waals surface area contributed by atoms with Crippen LogP contribution in [0, 0.1) is 0 Å². The Morgan fingerprint density at radius 2 is 1.57 bits per heavy atom. The molecule has 4 nitrogen and oxygen atoms in total. The number of ether oxygens (including phenoxy) is 1. The monoisotopic (exact) mass is 411 g/mol. The lowest BCUT2D eigenvalue weighted by Gasteiger charge is -2.48. The second-order valence-electron chi connectivity index (χ2n) is 7.97. The summed E-state index contributed by atoms with van der Waals surface area (Å²) in [6.07, 6.45) is -4.61. The van der Waals surface area contributed by atoms with Crippen LogP contribution in [0.3, 0.4) is 0 Å². The highest BCUT2D eigenvalue weighted by atomic mass is 28.4. The lowest BCUT2D eigenvalue weighted by Crippen LogP contribution is -2.43. The van der Waals surface area contributed by atoms with E-state index in [1.165, 1.54) is 0 Å². The van der Waals surface area contributed by atoms with Gasteiger partial charge in [-0.2, -0.15) is 13.2 Å². The number of halogens is 3. The third-order valence-electron chi connectivity index (χ3n) is 4.89. The van der Waals surface area contributed by atoms with Crippen LogP contribution in [0.4, 0.5) is 13.2 Å². The van der Waals surface area contributed by atoms with Gasteiger partial charge in [-0.15, -0.1) is 18.1 Å². The number of hydrogen-bond acceptors (Lipinski definition) is 4. The Labute approximate surface area is 163 Å². The maximum atomic E-state index is 12.9. The molecular formula is C20H24F3NO3Si-. The van der Waals surface area contributed by atoms with Crippen molar-refractivity contribution >= 4 is 14.1 Å². The standard InChI is InChI=1S/C20H24F3NO3Si/c1-19(2,3)28(5,6)27-14-9-7-13(8-10-14)17(25)16-12-11-15(20(21,22)23)18(24-16)26-4/h7-12H,1-6H3/q-1. The van der Waals surface area contributed by atoms with Crippen LogP contribution in [0.15, 0.2) is 36.4 Å². The molecule has 28 heavy (non-hydrogen) atoms. The van der Waals surface area contributed by atoms with Crippen molar-refractivity contribution < 1.29 is 27.1 Å². The Balaban J connectivity index is 2.26. The highest BCUT2D eigenvalue weighted by Crippen LogP contribution is 2.38. The van der Waals surface area contributed by atoms with E-state index >= 15 is 0 Å². The predicted octanol–water partition coefficient (Wildman–Crippen LogP) is 5.72. The summed E-state index contributed by atoms with van der Waals surface area (Å²) < 4.78 is 49.7. The molecule has 1 aromatic heterocycles. The minimum absolute atomic E-state index is 0.0300. The van der Waals surface area contributed by atoms with Gasteiger partial charge in [-0.1, -0.05) is 20.8 Å². The molecule has 0 spiro atoms. The van der Waals surface area contributed by atoms with E-state index in [9.17, 15) is 18.0 Å². The van der Waals surface area contributed by atoms with E-state index in [1.54, 1.807) is 24.3 Å². The highest BCUT2D eigenvalue weighted by molar-refractivity contribution is 6.74. The molecule has 0 amide bonds. The molecule has 0 N–H and O–H groups in total. The number of methoxy groups -OCH3 is 1. The molecule has 0 fully saturated rings. The summed E-state index contributed by atoms with van der Waals surface area (Å²) in [4.78, 5) is 16.3. The Bertz CT molecular complexity index is 856. The van der Waals surface area contributed by atoms with E-state index in [2.05, 4.69) is 38.8 Å². The van der Waals surface area contributed by atoms with Gasteiger partial charge in [-0.3, -0.25) is 4.79 Å². The van der Waals surface area contributed by atoms with Crippen molar-refractivity contribution in [1.29, 1.82) is 0 Å². The first-order valence-electron chi connectivity index (χ1n) is 8.72. The number of carbonyl (C=O) groups is 1. The summed E-state index contributed by atoms with van der Waals surface area (Å²) in [5.74, 6) is -0.469. The molecule has 2 aromatic rings. The number of carbonyl (C=O) groups excluding carboxylic acids is 1. The number of ketones is 1. The number of aromatic nitrogens is 1. The van der Waals surface area contributed by atoms with Gasteiger partial charge in [0.2, 0.25) is 11.7 Å². The normalized spacial score (nSPS) is 12.6. The number of rotatable bonds is 5. The van der Waals surface area contributed by atoms with Crippen molar-refractivity contribution in [1.82, 2.24) is 4.98 Å². The zero-order chi connectivity index (χ0) is 21.3. The topological polar surface area (TPSA) is 48.4 Å². The number of alkyl halides is 3. The van der Waals surface area contributed by atoms with E-state index in [0.717, 1.165) is 19.2 Å². The Morgan fingerprint density at radius 1 is 1.00 bits per heavy atom. The quantitative estimate of drug-likeness (QED) is 0.466. The van der Waals surface area contributed by atoms with Crippen LogP contribution < -0.4 is 9.16 Å². The smallest absolute Gasteiger partial charge is 0.421 e. The largest absolute Gasteiger partial charge is 0.689 e. The minimum atomic E-state index is -4.61. The van der Waals surface area contributed by atoms with Crippen LogP contribution in [0.2, 0.25) is 18.1 Å². The molecule has 0 bridgehead atoms. The van der Waals surface area contributed by atoms with Crippen molar-refractivity contribution in [2.45, 2.75) is 45.1 Å². The van der Waals surface area contributed by atoms with Gasteiger partial charge < -0.3 is 9.16 Å². The van der Waals surface area contributed by atoms with Crippen LogP contribution in [0.1, 0.15) is 42.4 Å². The van der Waals surface area contributed by atoms with Crippen LogP contribution >= 0.6 is 0 Å². The minimum Gasteiger partial charge on any atom is -0.689 e. The molecule has 1 heterocycles. The van der Waals surface area contributed by atoms with E-state index in [1.807, 2.05) is 0 Å². The molecule has 0 aliphatic rings. The van der Waals surface area contributed by atoms with Gasteiger partial charge in [-0.05, 0) is 36.4 Å². The molecule has 0 saturated carbocycles. The van der Waals surface area contributed by atoms with E-state index in [4.69, 9.17) is 9.16 Å². The number of benzene rings is 1. The first-order valence-corrected chi connectivity index (χ1v) is 11.6. The molecule has 1 aromatic carbocycles. The SMILES string of the molecule is COc1nc(C(=O)c2ccc(O[Si-](C)(C)C(C)(C)C)cc2)ccc1C(F)(F)F. The summed E-state index contributed by atoms with van der Waals surface area (Å²) in [6, 6.07) is 8.39. The fourth-order valence-corrected chi connectivity index (χ4v) is 3.24. The van der Waals surface area contributed by atoms with Gasteiger partial charge in [0.15, 0.2) is 0 Å². The molecule has 0 saturated heterocycles. The fraction of sp³-hybridized carbons (Fsp3) is 0.400. The van der Waals surface area contributed by atoms with Crippen LogP contribution in [0.25, 0.3) is 0 Å². The molecule has 8 heteroatoms. The van der Waals surface area contributed by atoms with E-state index in [0.29, 0.717) is 11.3 Å². The molecule has 0 aliphatic carbocycles. The third kappa shape index (κ3) is 4.73. The predicted molar refractivity (Wildman–Crippen MR) is 103 cm³/mol. The second kappa shape index (κ2) is 7.58. The first-order chi connectivity index (χ1) is 12.8. The Kier molecular flexibility index (Phi) is 5.94. The van der Waals surface area contributed by atoms with Gasteiger partial charge in [0.05, 0.1) is 12.9 Å². The van der Waals surface area contributed by atoms with Gasteiger partial charge in [0.25, 0.3) is 0 Å². The summed E-state index contributed by atoms with van der Waals surface area (Å²) in [5, 5.41) is 0.0300. The first kappa shape index (κ1) is 21.9. The van der Waals surface area contributed by atoms with Crippen LogP contribution in [0.5, 0.6) is 11.6 Å². The molecule has 2 rings (SSSR count). The second-order valence-corrected chi connectivity index (χ2v) is 12.7. The lowest BCUT2D eigenvalue weighted by molar-refractivity contribution is -0.139. The maximum absolute atomic E-state index is 12.9. The number of pyridine rings is 1. The molecule has 153 valence electrons. The fourth-order valence-electron chi connectivity index (χ4n) is 2.21.